The lowest BCUT2D eigenvalue weighted by Gasteiger charge is -2.31. The number of rotatable bonds is 8. The molecule has 0 saturated carbocycles. The summed E-state index contributed by atoms with van der Waals surface area (Å²) < 4.78 is 5.12. The fourth-order valence-electron chi connectivity index (χ4n) is 2.09. The van der Waals surface area contributed by atoms with Gasteiger partial charge in [0.1, 0.15) is 5.54 Å². The standard InChI is InChI=1S/C15H25N3O2/c1-12(11-20-3)18(2)10-9-15(17,14(16)19)13-7-5-4-6-8-13/h4-8,12H,9-11,17H2,1-3H3,(H2,16,19). The lowest BCUT2D eigenvalue weighted by molar-refractivity contribution is -0.123. The molecule has 20 heavy (non-hydrogen) atoms. The molecular weight excluding hydrogens is 254 g/mol. The molecular formula is C15H25N3O2. The SMILES string of the molecule is COCC(C)N(C)CCC(N)(C(N)=O)c1ccccc1. The Morgan fingerprint density at radius 3 is 2.50 bits per heavy atom. The van der Waals surface area contributed by atoms with Gasteiger partial charge in [0.2, 0.25) is 5.91 Å². The van der Waals surface area contributed by atoms with Crippen molar-refractivity contribution in [2.24, 2.45) is 11.5 Å². The van der Waals surface area contributed by atoms with E-state index in [1.807, 2.05) is 37.4 Å². The molecule has 0 fully saturated rings. The minimum absolute atomic E-state index is 0.257. The number of ether oxygens (including phenoxy) is 1. The molecule has 0 saturated heterocycles. The predicted octanol–water partition coefficient (Wildman–Crippen LogP) is 0.683. The maximum absolute atomic E-state index is 11.8. The zero-order valence-electron chi connectivity index (χ0n) is 12.5. The first-order valence-corrected chi connectivity index (χ1v) is 6.75. The first kappa shape index (κ1) is 16.6. The minimum Gasteiger partial charge on any atom is -0.383 e. The van der Waals surface area contributed by atoms with Crippen LogP contribution in [-0.4, -0.2) is 44.2 Å². The second-order valence-corrected chi connectivity index (χ2v) is 5.24. The molecule has 2 unspecified atom stereocenters. The number of carbonyl (C=O) groups is 1. The molecule has 5 heteroatoms. The third kappa shape index (κ3) is 4.03. The van der Waals surface area contributed by atoms with Gasteiger partial charge in [-0.05, 0) is 26.0 Å². The number of amides is 1. The van der Waals surface area contributed by atoms with E-state index in [2.05, 4.69) is 11.8 Å². The van der Waals surface area contributed by atoms with Gasteiger partial charge in [-0.3, -0.25) is 4.79 Å². The second kappa shape index (κ2) is 7.38. The summed E-state index contributed by atoms with van der Waals surface area (Å²) >= 11 is 0. The van der Waals surface area contributed by atoms with Crippen molar-refractivity contribution in [3.63, 3.8) is 0 Å². The topological polar surface area (TPSA) is 81.6 Å². The number of carbonyl (C=O) groups excluding carboxylic acids is 1. The van der Waals surface area contributed by atoms with Gasteiger partial charge in [-0.15, -0.1) is 0 Å². The molecule has 0 heterocycles. The minimum atomic E-state index is -1.14. The van der Waals surface area contributed by atoms with Crippen LogP contribution in [0.4, 0.5) is 0 Å². The highest BCUT2D eigenvalue weighted by atomic mass is 16.5. The molecule has 0 bridgehead atoms. The van der Waals surface area contributed by atoms with E-state index in [1.54, 1.807) is 7.11 Å². The van der Waals surface area contributed by atoms with Crippen LogP contribution in [0.3, 0.4) is 0 Å². The van der Waals surface area contributed by atoms with Gasteiger partial charge < -0.3 is 21.1 Å². The first-order valence-electron chi connectivity index (χ1n) is 6.75. The molecule has 0 spiro atoms. The van der Waals surface area contributed by atoms with Gasteiger partial charge in [-0.1, -0.05) is 30.3 Å². The van der Waals surface area contributed by atoms with Crippen LogP contribution in [-0.2, 0) is 15.1 Å². The number of hydrogen-bond donors (Lipinski definition) is 2. The highest BCUT2D eigenvalue weighted by Crippen LogP contribution is 2.22. The number of nitrogens with zero attached hydrogens (tertiary/aromatic N) is 1. The summed E-state index contributed by atoms with van der Waals surface area (Å²) in [6, 6.07) is 9.53. The zero-order valence-corrected chi connectivity index (χ0v) is 12.5. The molecule has 0 aliphatic carbocycles. The normalized spacial score (nSPS) is 15.8. The van der Waals surface area contributed by atoms with E-state index in [1.165, 1.54) is 0 Å². The van der Waals surface area contributed by atoms with Crippen LogP contribution in [0.15, 0.2) is 30.3 Å². The van der Waals surface area contributed by atoms with Crippen LogP contribution in [0.5, 0.6) is 0 Å². The first-order chi connectivity index (χ1) is 9.41. The number of benzene rings is 1. The predicted molar refractivity (Wildman–Crippen MR) is 80.1 cm³/mol. The number of primary amides is 1. The van der Waals surface area contributed by atoms with Crippen molar-refractivity contribution >= 4 is 5.91 Å². The Hall–Kier alpha value is -1.43. The number of methoxy groups -OCH3 is 1. The quantitative estimate of drug-likeness (QED) is 0.733. The van der Waals surface area contributed by atoms with Gasteiger partial charge in [-0.25, -0.2) is 0 Å². The van der Waals surface area contributed by atoms with E-state index in [4.69, 9.17) is 16.2 Å². The van der Waals surface area contributed by atoms with Gasteiger partial charge in [0, 0.05) is 19.7 Å². The second-order valence-electron chi connectivity index (χ2n) is 5.24. The summed E-state index contributed by atoms with van der Waals surface area (Å²) in [5.74, 6) is -0.503. The molecule has 1 rings (SSSR count). The monoisotopic (exact) mass is 279 g/mol. The Balaban J connectivity index is 2.76. The zero-order chi connectivity index (χ0) is 15.2. The van der Waals surface area contributed by atoms with E-state index in [0.29, 0.717) is 19.6 Å². The van der Waals surface area contributed by atoms with Crippen molar-refractivity contribution in [3.8, 4) is 0 Å². The van der Waals surface area contributed by atoms with E-state index in [9.17, 15) is 4.79 Å². The Kier molecular flexibility index (Phi) is 6.13. The van der Waals surface area contributed by atoms with Crippen molar-refractivity contribution in [1.82, 2.24) is 4.90 Å². The molecule has 4 N–H and O–H groups in total. The van der Waals surface area contributed by atoms with Gasteiger partial charge in [-0.2, -0.15) is 0 Å². The molecule has 0 aromatic heterocycles. The van der Waals surface area contributed by atoms with Crippen LogP contribution in [0.1, 0.15) is 18.9 Å². The van der Waals surface area contributed by atoms with Crippen molar-refractivity contribution in [2.45, 2.75) is 24.9 Å². The highest BCUT2D eigenvalue weighted by molar-refractivity contribution is 5.85. The van der Waals surface area contributed by atoms with Crippen molar-refractivity contribution in [3.05, 3.63) is 35.9 Å². The fraction of sp³-hybridized carbons (Fsp3) is 0.533. The summed E-state index contributed by atoms with van der Waals surface area (Å²) in [5, 5.41) is 0. The molecule has 1 amide bonds. The Bertz CT molecular complexity index is 424. The third-order valence-electron chi connectivity index (χ3n) is 3.75. The van der Waals surface area contributed by atoms with Crippen LogP contribution >= 0.6 is 0 Å². The Labute approximate surface area is 120 Å². The van der Waals surface area contributed by atoms with Crippen LogP contribution in [0.25, 0.3) is 0 Å². The Morgan fingerprint density at radius 1 is 1.40 bits per heavy atom. The molecule has 2 atom stereocenters. The smallest absolute Gasteiger partial charge is 0.242 e. The van der Waals surface area contributed by atoms with Crippen molar-refractivity contribution in [1.29, 1.82) is 0 Å². The van der Waals surface area contributed by atoms with Gasteiger partial charge >= 0.3 is 0 Å². The molecule has 5 nitrogen and oxygen atoms in total. The van der Waals surface area contributed by atoms with E-state index in [-0.39, 0.29) is 6.04 Å². The fourth-order valence-corrected chi connectivity index (χ4v) is 2.09. The van der Waals surface area contributed by atoms with Crippen LogP contribution in [0.2, 0.25) is 0 Å². The summed E-state index contributed by atoms with van der Waals surface area (Å²) in [6.45, 7) is 3.36. The molecule has 0 radical (unpaired) electrons. The third-order valence-corrected chi connectivity index (χ3v) is 3.75. The summed E-state index contributed by atoms with van der Waals surface area (Å²) in [7, 11) is 3.65. The molecule has 0 aliphatic rings. The lowest BCUT2D eigenvalue weighted by Crippen LogP contribution is -2.51. The average molecular weight is 279 g/mol. The molecule has 1 aromatic carbocycles. The maximum atomic E-state index is 11.8. The van der Waals surface area contributed by atoms with Gasteiger partial charge in [0.25, 0.3) is 0 Å². The molecule has 112 valence electrons. The summed E-state index contributed by atoms with van der Waals surface area (Å²) in [6.07, 6.45) is 0.469. The number of likely N-dealkylation sites (N-methyl/N-ethyl adjacent to an activating group) is 1. The van der Waals surface area contributed by atoms with Crippen molar-refractivity contribution in [2.75, 3.05) is 27.3 Å². The summed E-state index contributed by atoms with van der Waals surface area (Å²) in [4.78, 5) is 13.9. The maximum Gasteiger partial charge on any atom is 0.242 e. The summed E-state index contributed by atoms with van der Waals surface area (Å²) in [5.41, 5.74) is 11.4. The van der Waals surface area contributed by atoms with E-state index < -0.39 is 11.4 Å². The molecule has 0 aliphatic heterocycles. The highest BCUT2D eigenvalue weighted by Gasteiger charge is 2.34. The Morgan fingerprint density at radius 2 is 2.00 bits per heavy atom. The average Bonchev–Trinajstić information content (AvgIpc) is 2.45. The van der Waals surface area contributed by atoms with Gasteiger partial charge in [0.05, 0.1) is 6.61 Å². The number of nitrogens with two attached hydrogens (primary N) is 2. The van der Waals surface area contributed by atoms with Crippen molar-refractivity contribution < 1.29 is 9.53 Å². The van der Waals surface area contributed by atoms with E-state index >= 15 is 0 Å². The van der Waals surface area contributed by atoms with E-state index in [0.717, 1.165) is 5.56 Å². The van der Waals surface area contributed by atoms with Gasteiger partial charge in [0.15, 0.2) is 0 Å². The largest absolute Gasteiger partial charge is 0.383 e. The lowest BCUT2D eigenvalue weighted by atomic mass is 9.86. The molecule has 1 aromatic rings. The number of hydrogen-bond acceptors (Lipinski definition) is 4. The van der Waals surface area contributed by atoms with Crippen LogP contribution in [0, 0.1) is 0 Å². The van der Waals surface area contributed by atoms with Crippen LogP contribution < -0.4 is 11.5 Å².